The molecule has 0 aliphatic heterocycles. The Kier molecular flexibility index (Phi) is 6.10. The third kappa shape index (κ3) is 5.11. The van der Waals surface area contributed by atoms with Crippen molar-refractivity contribution in [2.45, 2.75) is 0 Å². The van der Waals surface area contributed by atoms with Crippen molar-refractivity contribution in [1.29, 1.82) is 0 Å². The van der Waals surface area contributed by atoms with Crippen molar-refractivity contribution >= 4 is 29.3 Å². The molecular weight excluding hydrogens is 254 g/mol. The zero-order valence-electron chi connectivity index (χ0n) is 10.0. The minimum Gasteiger partial charge on any atom is -0.480 e. The van der Waals surface area contributed by atoms with Gasteiger partial charge in [-0.05, 0) is 17.5 Å². The van der Waals surface area contributed by atoms with Gasteiger partial charge < -0.3 is 14.7 Å². The average molecular weight is 269 g/mol. The molecule has 1 N–H and O–H groups in total. The number of carbonyl (C=O) groups is 2. The van der Waals surface area contributed by atoms with Gasteiger partial charge in [0.25, 0.3) is 0 Å². The predicted molar refractivity (Wildman–Crippen MR) is 69.4 cm³/mol. The molecule has 0 aromatic carbocycles. The zero-order valence-corrected chi connectivity index (χ0v) is 10.9. The van der Waals surface area contributed by atoms with Crippen LogP contribution in [0.3, 0.4) is 0 Å². The molecule has 5 nitrogen and oxygen atoms in total. The standard InChI is InChI=1S/C12H15NO4S/c1-17-7-6-13(9-12(15)16)11(14)5-4-10-3-2-8-18-10/h2-5,8H,6-7,9H2,1H3,(H,15,16). The summed E-state index contributed by atoms with van der Waals surface area (Å²) in [7, 11) is 1.50. The summed E-state index contributed by atoms with van der Waals surface area (Å²) in [5.74, 6) is -1.37. The Balaban J connectivity index is 2.60. The maximum absolute atomic E-state index is 11.8. The van der Waals surface area contributed by atoms with Crippen LogP contribution in [0.4, 0.5) is 0 Å². The van der Waals surface area contributed by atoms with Crippen molar-refractivity contribution in [3.63, 3.8) is 0 Å². The molecule has 0 radical (unpaired) electrons. The van der Waals surface area contributed by atoms with Crippen LogP contribution in [-0.4, -0.2) is 48.7 Å². The van der Waals surface area contributed by atoms with Gasteiger partial charge in [0, 0.05) is 24.6 Å². The van der Waals surface area contributed by atoms with E-state index in [1.54, 1.807) is 6.08 Å². The first-order chi connectivity index (χ1) is 8.63. The quantitative estimate of drug-likeness (QED) is 0.758. The SMILES string of the molecule is COCCN(CC(=O)O)C(=O)C=Cc1cccs1. The summed E-state index contributed by atoms with van der Waals surface area (Å²) < 4.78 is 4.85. The van der Waals surface area contributed by atoms with Gasteiger partial charge in [0.1, 0.15) is 6.54 Å². The number of hydrogen-bond donors (Lipinski definition) is 1. The molecule has 1 heterocycles. The number of aliphatic carboxylic acids is 1. The normalized spacial score (nSPS) is 10.7. The molecule has 98 valence electrons. The van der Waals surface area contributed by atoms with E-state index in [0.29, 0.717) is 6.61 Å². The Labute approximate surface area is 109 Å². The van der Waals surface area contributed by atoms with E-state index < -0.39 is 5.97 Å². The highest BCUT2D eigenvalue weighted by Gasteiger charge is 2.13. The second-order valence-electron chi connectivity index (χ2n) is 3.50. The van der Waals surface area contributed by atoms with Gasteiger partial charge in [-0.15, -0.1) is 11.3 Å². The minimum atomic E-state index is -1.04. The lowest BCUT2D eigenvalue weighted by Gasteiger charge is -2.18. The van der Waals surface area contributed by atoms with E-state index in [2.05, 4.69) is 0 Å². The monoisotopic (exact) mass is 269 g/mol. The number of thiophene rings is 1. The first-order valence-corrected chi connectivity index (χ1v) is 6.22. The van der Waals surface area contributed by atoms with E-state index in [0.717, 1.165) is 4.88 Å². The van der Waals surface area contributed by atoms with Crippen LogP contribution in [-0.2, 0) is 14.3 Å². The van der Waals surface area contributed by atoms with Gasteiger partial charge in [0.05, 0.1) is 6.61 Å². The summed E-state index contributed by atoms with van der Waals surface area (Å²) in [6.07, 6.45) is 3.05. The Bertz CT molecular complexity index is 414. The fourth-order valence-corrected chi connectivity index (χ4v) is 1.89. The number of ether oxygens (including phenoxy) is 1. The lowest BCUT2D eigenvalue weighted by molar-refractivity contribution is -0.143. The molecule has 0 aliphatic rings. The predicted octanol–water partition coefficient (Wildman–Crippen LogP) is 1.32. The fraction of sp³-hybridized carbons (Fsp3) is 0.333. The fourth-order valence-electron chi connectivity index (χ4n) is 1.28. The van der Waals surface area contributed by atoms with Crippen LogP contribution < -0.4 is 0 Å². The van der Waals surface area contributed by atoms with E-state index in [4.69, 9.17) is 9.84 Å². The molecular formula is C12H15NO4S. The first kappa shape index (κ1) is 14.4. The van der Waals surface area contributed by atoms with Gasteiger partial charge in [-0.3, -0.25) is 9.59 Å². The van der Waals surface area contributed by atoms with Crippen molar-refractivity contribution in [3.8, 4) is 0 Å². The molecule has 1 aromatic heterocycles. The van der Waals surface area contributed by atoms with Crippen molar-refractivity contribution < 1.29 is 19.4 Å². The van der Waals surface area contributed by atoms with Crippen LogP contribution in [0.15, 0.2) is 23.6 Å². The van der Waals surface area contributed by atoms with E-state index in [-0.39, 0.29) is 19.0 Å². The van der Waals surface area contributed by atoms with Gasteiger partial charge in [-0.2, -0.15) is 0 Å². The largest absolute Gasteiger partial charge is 0.480 e. The van der Waals surface area contributed by atoms with Crippen LogP contribution in [0.1, 0.15) is 4.88 Å². The minimum absolute atomic E-state index is 0.260. The third-order valence-corrected chi connectivity index (χ3v) is 2.97. The van der Waals surface area contributed by atoms with Crippen LogP contribution in [0.25, 0.3) is 6.08 Å². The molecule has 1 amide bonds. The lowest BCUT2D eigenvalue weighted by atomic mass is 10.3. The number of methoxy groups -OCH3 is 1. The molecule has 1 aromatic rings. The molecule has 0 unspecified atom stereocenters. The summed E-state index contributed by atoms with van der Waals surface area (Å²) >= 11 is 1.51. The Morgan fingerprint density at radius 1 is 1.56 bits per heavy atom. The number of amides is 1. The molecule has 6 heteroatoms. The first-order valence-electron chi connectivity index (χ1n) is 5.34. The molecule has 0 atom stereocenters. The molecule has 0 saturated heterocycles. The number of carbonyl (C=O) groups excluding carboxylic acids is 1. The molecule has 0 spiro atoms. The maximum atomic E-state index is 11.8. The Hall–Kier alpha value is -1.66. The van der Waals surface area contributed by atoms with Crippen LogP contribution >= 0.6 is 11.3 Å². The number of rotatable bonds is 7. The van der Waals surface area contributed by atoms with E-state index >= 15 is 0 Å². The maximum Gasteiger partial charge on any atom is 0.323 e. The van der Waals surface area contributed by atoms with E-state index in [1.807, 2.05) is 17.5 Å². The highest BCUT2D eigenvalue weighted by molar-refractivity contribution is 7.10. The van der Waals surface area contributed by atoms with Crippen LogP contribution in [0.2, 0.25) is 0 Å². The summed E-state index contributed by atoms with van der Waals surface area (Å²) in [5.41, 5.74) is 0. The highest BCUT2D eigenvalue weighted by atomic mass is 32.1. The van der Waals surface area contributed by atoms with Crippen molar-refractivity contribution in [3.05, 3.63) is 28.5 Å². The summed E-state index contributed by atoms with van der Waals surface area (Å²) in [6.45, 7) is 0.249. The van der Waals surface area contributed by atoms with Gasteiger partial charge in [0.2, 0.25) is 5.91 Å². The number of nitrogens with zero attached hydrogens (tertiary/aromatic N) is 1. The van der Waals surface area contributed by atoms with E-state index in [1.165, 1.54) is 29.4 Å². The van der Waals surface area contributed by atoms with Crippen LogP contribution in [0, 0.1) is 0 Å². The van der Waals surface area contributed by atoms with Gasteiger partial charge in [-0.1, -0.05) is 6.07 Å². The Morgan fingerprint density at radius 2 is 2.33 bits per heavy atom. The molecule has 0 bridgehead atoms. The molecule has 0 saturated carbocycles. The van der Waals surface area contributed by atoms with Gasteiger partial charge in [0.15, 0.2) is 0 Å². The molecule has 18 heavy (non-hydrogen) atoms. The summed E-state index contributed by atoms with van der Waals surface area (Å²) in [6, 6.07) is 3.76. The second kappa shape index (κ2) is 7.62. The summed E-state index contributed by atoms with van der Waals surface area (Å²) in [4.78, 5) is 24.6. The lowest BCUT2D eigenvalue weighted by Crippen LogP contribution is -2.36. The van der Waals surface area contributed by atoms with Crippen molar-refractivity contribution in [2.75, 3.05) is 26.8 Å². The summed E-state index contributed by atoms with van der Waals surface area (Å²) in [5, 5.41) is 10.6. The van der Waals surface area contributed by atoms with Gasteiger partial charge in [-0.25, -0.2) is 0 Å². The molecule has 0 aliphatic carbocycles. The highest BCUT2D eigenvalue weighted by Crippen LogP contribution is 2.10. The molecule has 1 rings (SSSR count). The Morgan fingerprint density at radius 3 is 2.89 bits per heavy atom. The van der Waals surface area contributed by atoms with Crippen molar-refractivity contribution in [2.24, 2.45) is 0 Å². The topological polar surface area (TPSA) is 66.8 Å². The third-order valence-electron chi connectivity index (χ3n) is 2.14. The van der Waals surface area contributed by atoms with Crippen LogP contribution in [0.5, 0.6) is 0 Å². The zero-order chi connectivity index (χ0) is 13.4. The van der Waals surface area contributed by atoms with Gasteiger partial charge >= 0.3 is 5.97 Å². The average Bonchev–Trinajstić information content (AvgIpc) is 2.84. The second-order valence-corrected chi connectivity index (χ2v) is 4.47. The number of carboxylic acids is 1. The van der Waals surface area contributed by atoms with Crippen molar-refractivity contribution in [1.82, 2.24) is 4.90 Å². The number of carboxylic acid groups (broad SMARTS) is 1. The van der Waals surface area contributed by atoms with E-state index in [9.17, 15) is 9.59 Å². The smallest absolute Gasteiger partial charge is 0.323 e. The number of hydrogen-bond acceptors (Lipinski definition) is 4. The molecule has 0 fully saturated rings.